The summed E-state index contributed by atoms with van der Waals surface area (Å²) in [6.07, 6.45) is 12.3. The third kappa shape index (κ3) is 4.63. The normalized spacial score (nSPS) is 11.8. The number of thiophene rings is 2. The molecule has 0 aliphatic carbocycles. The highest BCUT2D eigenvalue weighted by molar-refractivity contribution is 7.36. The summed E-state index contributed by atoms with van der Waals surface area (Å²) in [4.78, 5) is 0. The maximum atomic E-state index is 2.46. The SMILES string of the molecule is CCCCCCCCCCc1ccc2c(c1)sc1c3ccc(-c4ccccc4)cc3sc21. The molecule has 0 aliphatic heterocycles. The molecule has 164 valence electrons. The van der Waals surface area contributed by atoms with Gasteiger partial charge in [-0.15, -0.1) is 22.7 Å². The first-order valence-electron chi connectivity index (χ1n) is 12.3. The quantitative estimate of drug-likeness (QED) is 0.183. The Morgan fingerprint density at radius 1 is 0.562 bits per heavy atom. The predicted molar refractivity (Wildman–Crippen MR) is 146 cm³/mol. The van der Waals surface area contributed by atoms with E-state index in [0.29, 0.717) is 0 Å². The molecule has 0 atom stereocenters. The lowest BCUT2D eigenvalue weighted by atomic mass is 10.0. The van der Waals surface area contributed by atoms with Gasteiger partial charge in [0.25, 0.3) is 0 Å². The lowest BCUT2D eigenvalue weighted by Crippen LogP contribution is -1.86. The first-order valence-corrected chi connectivity index (χ1v) is 13.9. The van der Waals surface area contributed by atoms with Gasteiger partial charge in [0.15, 0.2) is 0 Å². The molecule has 2 aromatic heterocycles. The molecule has 0 fully saturated rings. The Hall–Kier alpha value is -2.16. The molecule has 0 N–H and O–H groups in total. The third-order valence-corrected chi connectivity index (χ3v) is 9.07. The summed E-state index contributed by atoms with van der Waals surface area (Å²) >= 11 is 3.93. The van der Waals surface area contributed by atoms with Gasteiger partial charge in [-0.1, -0.05) is 106 Å². The van der Waals surface area contributed by atoms with E-state index in [9.17, 15) is 0 Å². The Morgan fingerprint density at radius 3 is 1.91 bits per heavy atom. The van der Waals surface area contributed by atoms with Gasteiger partial charge >= 0.3 is 0 Å². The molecule has 0 nitrogen and oxygen atoms in total. The van der Waals surface area contributed by atoms with E-state index < -0.39 is 0 Å². The van der Waals surface area contributed by atoms with Crippen molar-refractivity contribution in [3.63, 3.8) is 0 Å². The smallest absolute Gasteiger partial charge is 0.0542 e. The van der Waals surface area contributed by atoms with Crippen molar-refractivity contribution in [1.82, 2.24) is 0 Å². The summed E-state index contributed by atoms with van der Waals surface area (Å²) in [5.41, 5.74) is 4.11. The van der Waals surface area contributed by atoms with E-state index >= 15 is 0 Å². The fraction of sp³-hybridized carbons (Fsp3) is 0.333. The Morgan fingerprint density at radius 2 is 1.19 bits per heavy atom. The van der Waals surface area contributed by atoms with Gasteiger partial charge in [0.1, 0.15) is 0 Å². The van der Waals surface area contributed by atoms with Crippen molar-refractivity contribution < 1.29 is 0 Å². The van der Waals surface area contributed by atoms with Crippen LogP contribution in [0.3, 0.4) is 0 Å². The second-order valence-corrected chi connectivity index (χ2v) is 11.1. The number of unbranched alkanes of at least 4 members (excludes halogenated alkanes) is 7. The molecule has 5 rings (SSSR count). The molecule has 0 radical (unpaired) electrons. The molecule has 3 aromatic carbocycles. The van der Waals surface area contributed by atoms with Crippen LogP contribution in [-0.2, 0) is 6.42 Å². The van der Waals surface area contributed by atoms with Crippen molar-refractivity contribution in [2.75, 3.05) is 0 Å². The van der Waals surface area contributed by atoms with Gasteiger partial charge in [0, 0.05) is 20.2 Å². The summed E-state index contributed by atoms with van der Waals surface area (Å²) in [5.74, 6) is 0. The lowest BCUT2D eigenvalue weighted by molar-refractivity contribution is 0.575. The monoisotopic (exact) mass is 456 g/mol. The molecule has 2 heteroatoms. The van der Waals surface area contributed by atoms with Crippen LogP contribution in [0.4, 0.5) is 0 Å². The minimum atomic E-state index is 1.22. The van der Waals surface area contributed by atoms with Crippen LogP contribution in [0.5, 0.6) is 0 Å². The van der Waals surface area contributed by atoms with Gasteiger partial charge in [-0.3, -0.25) is 0 Å². The zero-order valence-corrected chi connectivity index (χ0v) is 20.7. The summed E-state index contributed by atoms with van der Waals surface area (Å²) < 4.78 is 5.78. The standard InChI is InChI=1S/C30H32S2/c1-2-3-4-5-6-7-8-10-13-22-16-18-25-27(20-22)31-30-26-19-17-24(21-28(26)32-29(25)30)23-14-11-9-12-15-23/h9,11-12,14-21H,2-8,10,13H2,1H3. The number of hydrogen-bond donors (Lipinski definition) is 0. The van der Waals surface area contributed by atoms with Gasteiger partial charge < -0.3 is 0 Å². The first kappa shape index (κ1) is 21.7. The Bertz CT molecular complexity index is 1310. The lowest BCUT2D eigenvalue weighted by Gasteiger charge is -2.03. The number of fused-ring (bicyclic) bond motifs is 5. The highest BCUT2D eigenvalue weighted by Crippen LogP contribution is 2.45. The predicted octanol–water partition coefficient (Wildman–Crippen LogP) is 10.6. The highest BCUT2D eigenvalue weighted by atomic mass is 32.1. The van der Waals surface area contributed by atoms with E-state index in [1.54, 1.807) is 0 Å². The van der Waals surface area contributed by atoms with Gasteiger partial charge in [-0.2, -0.15) is 0 Å². The van der Waals surface area contributed by atoms with Crippen LogP contribution < -0.4 is 0 Å². The van der Waals surface area contributed by atoms with Crippen molar-refractivity contribution >= 4 is 52.2 Å². The van der Waals surface area contributed by atoms with E-state index in [1.807, 2.05) is 22.7 Å². The third-order valence-electron chi connectivity index (χ3n) is 6.57. The molecule has 5 aromatic rings. The average molecular weight is 457 g/mol. The molecule has 0 saturated heterocycles. The molecule has 0 amide bonds. The van der Waals surface area contributed by atoms with Crippen molar-refractivity contribution in [1.29, 1.82) is 0 Å². The molecule has 0 spiro atoms. The largest absolute Gasteiger partial charge is 0.134 e. The molecular formula is C30H32S2. The zero-order chi connectivity index (χ0) is 21.8. The van der Waals surface area contributed by atoms with Crippen LogP contribution in [0.15, 0.2) is 66.7 Å². The second-order valence-electron chi connectivity index (χ2n) is 8.99. The molecular weight excluding hydrogens is 424 g/mol. The van der Waals surface area contributed by atoms with Crippen molar-refractivity contribution in [3.8, 4) is 11.1 Å². The van der Waals surface area contributed by atoms with E-state index in [1.165, 1.54) is 104 Å². The van der Waals surface area contributed by atoms with Gasteiger partial charge in [0.2, 0.25) is 0 Å². The Balaban J connectivity index is 1.30. The Labute approximate surface area is 199 Å². The number of rotatable bonds is 10. The summed E-state index contributed by atoms with van der Waals surface area (Å²) in [6, 6.07) is 24.9. The second kappa shape index (κ2) is 10.2. The summed E-state index contributed by atoms with van der Waals surface area (Å²) in [7, 11) is 0. The van der Waals surface area contributed by atoms with Gasteiger partial charge in [0.05, 0.1) is 9.40 Å². The van der Waals surface area contributed by atoms with Crippen molar-refractivity contribution in [2.45, 2.75) is 64.7 Å². The van der Waals surface area contributed by atoms with Crippen molar-refractivity contribution in [2.24, 2.45) is 0 Å². The average Bonchev–Trinajstić information content (AvgIpc) is 3.36. The molecule has 0 bridgehead atoms. The van der Waals surface area contributed by atoms with Crippen LogP contribution in [-0.4, -0.2) is 0 Å². The van der Waals surface area contributed by atoms with E-state index in [-0.39, 0.29) is 0 Å². The number of hydrogen-bond acceptors (Lipinski definition) is 2. The maximum Gasteiger partial charge on any atom is 0.0542 e. The first-order chi connectivity index (χ1) is 15.8. The minimum Gasteiger partial charge on any atom is -0.134 e. The van der Waals surface area contributed by atoms with Gasteiger partial charge in [-0.05, 0) is 41.7 Å². The van der Waals surface area contributed by atoms with Crippen LogP contribution in [0.2, 0.25) is 0 Å². The summed E-state index contributed by atoms with van der Waals surface area (Å²) in [6.45, 7) is 2.29. The van der Waals surface area contributed by atoms with Crippen LogP contribution in [0.25, 0.3) is 40.7 Å². The minimum absolute atomic E-state index is 1.22. The summed E-state index contributed by atoms with van der Waals surface area (Å²) in [5, 5.41) is 2.85. The van der Waals surface area contributed by atoms with Crippen LogP contribution in [0.1, 0.15) is 63.9 Å². The van der Waals surface area contributed by atoms with Crippen molar-refractivity contribution in [3.05, 3.63) is 72.3 Å². The maximum absolute atomic E-state index is 2.46. The fourth-order valence-electron chi connectivity index (χ4n) is 4.73. The number of benzene rings is 3. The highest BCUT2D eigenvalue weighted by Gasteiger charge is 2.13. The fourth-order valence-corrected chi connectivity index (χ4v) is 7.49. The topological polar surface area (TPSA) is 0 Å². The van der Waals surface area contributed by atoms with Crippen LogP contribution >= 0.6 is 22.7 Å². The Kier molecular flexibility index (Phi) is 6.90. The molecule has 0 saturated carbocycles. The molecule has 2 heterocycles. The molecule has 0 aliphatic rings. The van der Waals surface area contributed by atoms with Crippen LogP contribution in [0, 0.1) is 0 Å². The van der Waals surface area contributed by atoms with E-state index in [2.05, 4.69) is 73.7 Å². The van der Waals surface area contributed by atoms with Gasteiger partial charge in [-0.25, -0.2) is 0 Å². The molecule has 32 heavy (non-hydrogen) atoms. The van der Waals surface area contributed by atoms with E-state index in [4.69, 9.17) is 0 Å². The van der Waals surface area contributed by atoms with E-state index in [0.717, 1.165) is 0 Å². The zero-order valence-electron chi connectivity index (χ0n) is 19.0. The number of aryl methyl sites for hydroxylation is 1. The molecule has 0 unspecified atom stereocenters.